The molecule has 2 rings (SSSR count). The molecule has 0 amide bonds. The van der Waals surface area contributed by atoms with Gasteiger partial charge in [-0.2, -0.15) is 0 Å². The van der Waals surface area contributed by atoms with E-state index in [1.165, 1.54) is 11.1 Å². The lowest BCUT2D eigenvalue weighted by Gasteiger charge is -2.28. The molecule has 0 radical (unpaired) electrons. The van der Waals surface area contributed by atoms with E-state index in [2.05, 4.69) is 43.4 Å². The van der Waals surface area contributed by atoms with Gasteiger partial charge in [0.25, 0.3) is 0 Å². The highest BCUT2D eigenvalue weighted by Crippen LogP contribution is 2.34. The highest BCUT2D eigenvalue weighted by Gasteiger charge is 2.26. The van der Waals surface area contributed by atoms with E-state index in [9.17, 15) is 4.79 Å². The maximum atomic E-state index is 11.6. The van der Waals surface area contributed by atoms with Gasteiger partial charge >= 0.3 is 0 Å². The lowest BCUT2D eigenvalue weighted by molar-refractivity contribution is -0.117. The SMILES string of the molecule is CC1(C)CC(=O)C=C(CCNCc2ccccc2)C1.Cl. The summed E-state index contributed by atoms with van der Waals surface area (Å²) in [5, 5.41) is 3.44. The van der Waals surface area contributed by atoms with Crippen LogP contribution < -0.4 is 5.32 Å². The summed E-state index contributed by atoms with van der Waals surface area (Å²) in [6, 6.07) is 10.4. The van der Waals surface area contributed by atoms with Crippen LogP contribution in [0.2, 0.25) is 0 Å². The Morgan fingerprint density at radius 3 is 2.50 bits per heavy atom. The van der Waals surface area contributed by atoms with E-state index in [0.29, 0.717) is 6.42 Å². The number of hydrogen-bond donors (Lipinski definition) is 1. The Morgan fingerprint density at radius 1 is 1.15 bits per heavy atom. The second kappa shape index (κ2) is 7.61. The van der Waals surface area contributed by atoms with Crippen molar-refractivity contribution in [2.75, 3.05) is 6.54 Å². The number of carbonyl (C=O) groups is 1. The molecule has 1 aromatic carbocycles. The molecule has 0 saturated carbocycles. The van der Waals surface area contributed by atoms with Crippen LogP contribution in [0.3, 0.4) is 0 Å². The molecule has 1 aromatic rings. The van der Waals surface area contributed by atoms with Crippen molar-refractivity contribution in [3.8, 4) is 0 Å². The molecule has 3 heteroatoms. The van der Waals surface area contributed by atoms with Crippen LogP contribution in [0.4, 0.5) is 0 Å². The molecule has 0 unspecified atom stereocenters. The first kappa shape index (κ1) is 16.9. The molecule has 0 saturated heterocycles. The minimum Gasteiger partial charge on any atom is -0.312 e. The lowest BCUT2D eigenvalue weighted by atomic mass is 9.76. The number of ketones is 1. The number of benzene rings is 1. The predicted octanol–water partition coefficient (Wildman–Crippen LogP) is 3.90. The van der Waals surface area contributed by atoms with Gasteiger partial charge in [-0.1, -0.05) is 49.8 Å². The van der Waals surface area contributed by atoms with E-state index in [-0.39, 0.29) is 23.6 Å². The van der Waals surface area contributed by atoms with E-state index in [1.54, 1.807) is 0 Å². The van der Waals surface area contributed by atoms with Crippen LogP contribution >= 0.6 is 12.4 Å². The fourth-order valence-corrected chi connectivity index (χ4v) is 2.72. The third-order valence-corrected chi connectivity index (χ3v) is 3.52. The van der Waals surface area contributed by atoms with Crippen LogP contribution in [0, 0.1) is 5.41 Å². The fourth-order valence-electron chi connectivity index (χ4n) is 2.72. The van der Waals surface area contributed by atoms with Crippen molar-refractivity contribution in [1.29, 1.82) is 0 Å². The molecule has 0 heterocycles. The van der Waals surface area contributed by atoms with Crippen LogP contribution in [-0.2, 0) is 11.3 Å². The molecular formula is C17H24ClNO. The number of carbonyl (C=O) groups excluding carboxylic acids is 1. The first-order valence-electron chi connectivity index (χ1n) is 7.02. The summed E-state index contributed by atoms with van der Waals surface area (Å²) in [6.45, 7) is 6.18. The normalized spacial score (nSPS) is 17.3. The number of rotatable bonds is 5. The van der Waals surface area contributed by atoms with Gasteiger partial charge in [0.2, 0.25) is 0 Å². The number of halogens is 1. The van der Waals surface area contributed by atoms with Gasteiger partial charge in [-0.3, -0.25) is 4.79 Å². The second-order valence-corrected chi connectivity index (χ2v) is 6.20. The topological polar surface area (TPSA) is 29.1 Å². The summed E-state index contributed by atoms with van der Waals surface area (Å²) in [6.07, 6.45) is 4.57. The Bertz CT molecular complexity index is 465. The lowest BCUT2D eigenvalue weighted by Crippen LogP contribution is -2.23. The van der Waals surface area contributed by atoms with Gasteiger partial charge in [0.1, 0.15) is 0 Å². The zero-order valence-electron chi connectivity index (χ0n) is 12.3. The van der Waals surface area contributed by atoms with Gasteiger partial charge in [-0.25, -0.2) is 0 Å². The van der Waals surface area contributed by atoms with Gasteiger partial charge in [-0.05, 0) is 36.4 Å². The van der Waals surface area contributed by atoms with Crippen molar-refractivity contribution in [1.82, 2.24) is 5.32 Å². The molecule has 0 bridgehead atoms. The number of hydrogen-bond acceptors (Lipinski definition) is 2. The van der Waals surface area contributed by atoms with Gasteiger partial charge in [0.15, 0.2) is 5.78 Å². The summed E-state index contributed by atoms with van der Waals surface area (Å²) >= 11 is 0. The maximum Gasteiger partial charge on any atom is 0.156 e. The summed E-state index contributed by atoms with van der Waals surface area (Å²) in [7, 11) is 0. The van der Waals surface area contributed by atoms with Crippen LogP contribution in [0.15, 0.2) is 42.0 Å². The van der Waals surface area contributed by atoms with Crippen molar-refractivity contribution in [3.05, 3.63) is 47.5 Å². The molecular weight excluding hydrogens is 270 g/mol. The Morgan fingerprint density at radius 2 is 1.85 bits per heavy atom. The van der Waals surface area contributed by atoms with E-state index in [4.69, 9.17) is 0 Å². The summed E-state index contributed by atoms with van der Waals surface area (Å²) in [4.78, 5) is 11.6. The van der Waals surface area contributed by atoms with Crippen molar-refractivity contribution in [2.45, 2.75) is 39.7 Å². The van der Waals surface area contributed by atoms with Crippen molar-refractivity contribution < 1.29 is 4.79 Å². The van der Waals surface area contributed by atoms with Crippen LogP contribution in [0.5, 0.6) is 0 Å². The third kappa shape index (κ3) is 5.48. The molecule has 0 atom stereocenters. The minimum absolute atomic E-state index is 0. The molecule has 0 fully saturated rings. The van der Waals surface area contributed by atoms with Gasteiger partial charge in [0.05, 0.1) is 0 Å². The van der Waals surface area contributed by atoms with Gasteiger partial charge in [0, 0.05) is 13.0 Å². The average molecular weight is 294 g/mol. The van der Waals surface area contributed by atoms with Crippen molar-refractivity contribution in [2.24, 2.45) is 5.41 Å². The highest BCUT2D eigenvalue weighted by molar-refractivity contribution is 5.91. The third-order valence-electron chi connectivity index (χ3n) is 3.52. The number of nitrogens with one attached hydrogen (secondary N) is 1. The minimum atomic E-state index is 0. The Kier molecular flexibility index (Phi) is 6.44. The Hall–Kier alpha value is -1.12. The van der Waals surface area contributed by atoms with E-state index in [1.807, 2.05) is 12.1 Å². The molecule has 0 aliphatic heterocycles. The largest absolute Gasteiger partial charge is 0.312 e. The molecule has 0 aromatic heterocycles. The maximum absolute atomic E-state index is 11.6. The van der Waals surface area contributed by atoms with Gasteiger partial charge in [-0.15, -0.1) is 12.4 Å². The zero-order chi connectivity index (χ0) is 13.7. The van der Waals surface area contributed by atoms with E-state index < -0.39 is 0 Å². The number of allylic oxidation sites excluding steroid dienone is 1. The predicted molar refractivity (Wildman–Crippen MR) is 86.1 cm³/mol. The molecule has 1 aliphatic carbocycles. The summed E-state index contributed by atoms with van der Waals surface area (Å²) in [5.41, 5.74) is 2.74. The monoisotopic (exact) mass is 293 g/mol. The molecule has 0 spiro atoms. The van der Waals surface area contributed by atoms with Crippen LogP contribution in [-0.4, -0.2) is 12.3 Å². The average Bonchev–Trinajstić information content (AvgIpc) is 2.33. The smallest absolute Gasteiger partial charge is 0.156 e. The highest BCUT2D eigenvalue weighted by atomic mass is 35.5. The molecule has 1 aliphatic rings. The van der Waals surface area contributed by atoms with Crippen molar-refractivity contribution >= 4 is 18.2 Å². The van der Waals surface area contributed by atoms with E-state index in [0.717, 1.165) is 25.9 Å². The first-order valence-corrected chi connectivity index (χ1v) is 7.02. The van der Waals surface area contributed by atoms with Crippen molar-refractivity contribution in [3.63, 3.8) is 0 Å². The zero-order valence-corrected chi connectivity index (χ0v) is 13.1. The Balaban J connectivity index is 0.00000200. The standard InChI is InChI=1S/C17H23NO.ClH/c1-17(2)11-15(10-16(19)12-17)8-9-18-13-14-6-4-3-5-7-14;/h3-7,10,18H,8-9,11-13H2,1-2H3;1H. The summed E-state index contributed by atoms with van der Waals surface area (Å²) in [5.74, 6) is 0.286. The van der Waals surface area contributed by atoms with E-state index >= 15 is 0 Å². The molecule has 2 nitrogen and oxygen atoms in total. The first-order chi connectivity index (χ1) is 9.05. The second-order valence-electron chi connectivity index (χ2n) is 6.20. The molecule has 1 N–H and O–H groups in total. The van der Waals surface area contributed by atoms with Crippen LogP contribution in [0.25, 0.3) is 0 Å². The fraction of sp³-hybridized carbons (Fsp3) is 0.471. The van der Waals surface area contributed by atoms with Crippen LogP contribution in [0.1, 0.15) is 38.7 Å². The summed E-state index contributed by atoms with van der Waals surface area (Å²) < 4.78 is 0. The quantitative estimate of drug-likeness (QED) is 0.834. The van der Waals surface area contributed by atoms with Gasteiger partial charge < -0.3 is 5.32 Å². The molecule has 110 valence electrons. The Labute approximate surface area is 128 Å². The molecule has 20 heavy (non-hydrogen) atoms.